The first-order chi connectivity index (χ1) is 10.7. The molecule has 0 spiro atoms. The molecule has 0 radical (unpaired) electrons. The number of nitrogen functional groups attached to an aromatic ring is 1. The van der Waals surface area contributed by atoms with E-state index in [1.165, 1.54) is 12.3 Å². The molecule has 11 nitrogen and oxygen atoms in total. The Morgan fingerprint density at radius 2 is 2.22 bits per heavy atom. The van der Waals surface area contributed by atoms with E-state index in [9.17, 15) is 14.5 Å². The number of aliphatic hydroxyl groups is 1. The summed E-state index contributed by atoms with van der Waals surface area (Å²) in [5.41, 5.74) is 4.71. The van der Waals surface area contributed by atoms with Crippen molar-refractivity contribution in [3.05, 3.63) is 22.7 Å². The van der Waals surface area contributed by atoms with Crippen LogP contribution in [0.1, 0.15) is 13.2 Å². The Morgan fingerprint density at radius 1 is 1.52 bits per heavy atom. The number of rotatable bonds is 6. The van der Waals surface area contributed by atoms with Gasteiger partial charge in [-0.3, -0.25) is 9.09 Å². The average Bonchev–Trinajstić information content (AvgIpc) is 2.74. The molecule has 2 rings (SSSR count). The predicted molar refractivity (Wildman–Crippen MR) is 76.2 cm³/mol. The van der Waals surface area contributed by atoms with Gasteiger partial charge in [0.25, 0.3) is 0 Å². The highest BCUT2D eigenvalue weighted by atomic mass is 31.2. The van der Waals surface area contributed by atoms with Crippen LogP contribution >= 0.6 is 7.82 Å². The Labute approximate surface area is 130 Å². The maximum absolute atomic E-state index is 11.9. The van der Waals surface area contributed by atoms with Gasteiger partial charge in [0.15, 0.2) is 6.23 Å². The van der Waals surface area contributed by atoms with Crippen LogP contribution in [0.25, 0.3) is 0 Å². The molecule has 0 aliphatic carbocycles. The van der Waals surface area contributed by atoms with Crippen LogP contribution in [0, 0.1) is 0 Å². The molecule has 4 atom stereocenters. The van der Waals surface area contributed by atoms with Crippen LogP contribution in [0.2, 0.25) is 0 Å². The minimum atomic E-state index is -4.72. The maximum Gasteiger partial charge on any atom is 0.469 e. The zero-order valence-electron chi connectivity index (χ0n) is 12.2. The van der Waals surface area contributed by atoms with Crippen molar-refractivity contribution in [2.45, 2.75) is 31.5 Å². The van der Waals surface area contributed by atoms with Gasteiger partial charge >= 0.3 is 13.5 Å². The van der Waals surface area contributed by atoms with Crippen LogP contribution in [0.15, 0.2) is 17.1 Å². The highest BCUT2D eigenvalue weighted by Gasteiger charge is 2.46. The van der Waals surface area contributed by atoms with Gasteiger partial charge in [-0.05, 0) is 13.0 Å². The monoisotopic (exact) mass is 351 g/mol. The quantitative estimate of drug-likeness (QED) is 0.447. The highest BCUT2D eigenvalue weighted by Crippen LogP contribution is 2.38. The molecule has 1 aliphatic heterocycles. The minimum Gasteiger partial charge on any atom is -0.387 e. The summed E-state index contributed by atoms with van der Waals surface area (Å²) in [5, 5.41) is 10.2. The van der Waals surface area contributed by atoms with Crippen LogP contribution in [-0.2, 0) is 18.6 Å². The van der Waals surface area contributed by atoms with E-state index in [2.05, 4.69) is 9.51 Å². The first kappa shape index (κ1) is 18.0. The topological polar surface area (TPSA) is 166 Å². The van der Waals surface area contributed by atoms with Gasteiger partial charge in [0.05, 0.1) is 6.61 Å². The number of anilines is 1. The molecule has 1 aliphatic rings. The number of ether oxygens (including phenoxy) is 2. The van der Waals surface area contributed by atoms with E-state index >= 15 is 0 Å². The Balaban J connectivity index is 2.23. The minimum absolute atomic E-state index is 0.0270. The fourth-order valence-corrected chi connectivity index (χ4v) is 2.58. The summed E-state index contributed by atoms with van der Waals surface area (Å²) in [6.45, 7) is 1.35. The molecule has 0 amide bonds. The fourth-order valence-electron chi connectivity index (χ4n) is 2.24. The molecule has 23 heavy (non-hydrogen) atoms. The molecule has 1 saturated heterocycles. The molecule has 0 unspecified atom stereocenters. The second-order valence-corrected chi connectivity index (χ2v) is 6.04. The Kier molecular flexibility index (Phi) is 5.53. The lowest BCUT2D eigenvalue weighted by molar-refractivity contribution is -0.0712. The number of aliphatic hydroxyl groups excluding tert-OH is 1. The Hall–Kier alpha value is -1.33. The second kappa shape index (κ2) is 7.05. The number of phosphoric ester groups is 1. The first-order valence-corrected chi connectivity index (χ1v) is 8.26. The zero-order chi connectivity index (χ0) is 17.2. The fraction of sp³-hybridized carbons (Fsp3) is 0.636. The van der Waals surface area contributed by atoms with Crippen LogP contribution in [-0.4, -0.2) is 56.0 Å². The van der Waals surface area contributed by atoms with Crippen LogP contribution in [0.5, 0.6) is 0 Å². The first-order valence-electron chi connectivity index (χ1n) is 6.73. The molecule has 1 fully saturated rings. The number of hydrogen-bond acceptors (Lipinski definition) is 8. The normalized spacial score (nSPS) is 28.2. The third-order valence-electron chi connectivity index (χ3n) is 3.20. The van der Waals surface area contributed by atoms with Gasteiger partial charge in [0.1, 0.15) is 24.1 Å². The molecule has 0 aromatic carbocycles. The molecule has 0 bridgehead atoms. The number of aromatic nitrogens is 2. The summed E-state index contributed by atoms with van der Waals surface area (Å²) in [4.78, 5) is 32.9. The highest BCUT2D eigenvalue weighted by molar-refractivity contribution is 7.46. The second-order valence-electron chi connectivity index (χ2n) is 4.80. The molecule has 1 aromatic heterocycles. The van der Waals surface area contributed by atoms with Gasteiger partial charge in [-0.25, -0.2) is 9.36 Å². The van der Waals surface area contributed by atoms with Crippen molar-refractivity contribution in [1.82, 2.24) is 9.55 Å². The molecule has 5 N–H and O–H groups in total. The summed E-state index contributed by atoms with van der Waals surface area (Å²) in [6.07, 6.45) is -2.98. The largest absolute Gasteiger partial charge is 0.469 e. The third-order valence-corrected chi connectivity index (χ3v) is 3.69. The third kappa shape index (κ3) is 4.36. The van der Waals surface area contributed by atoms with Gasteiger partial charge in [-0.1, -0.05) is 0 Å². The Morgan fingerprint density at radius 3 is 2.78 bits per heavy atom. The maximum atomic E-state index is 11.9. The van der Waals surface area contributed by atoms with Gasteiger partial charge in [-0.2, -0.15) is 4.98 Å². The van der Waals surface area contributed by atoms with E-state index in [0.29, 0.717) is 0 Å². The van der Waals surface area contributed by atoms with Crippen LogP contribution < -0.4 is 11.4 Å². The summed E-state index contributed by atoms with van der Waals surface area (Å²) in [5.74, 6) is 0.0270. The van der Waals surface area contributed by atoms with Gasteiger partial charge in [-0.15, -0.1) is 0 Å². The van der Waals surface area contributed by atoms with Crippen LogP contribution in [0.3, 0.4) is 0 Å². The predicted octanol–water partition coefficient (Wildman–Crippen LogP) is -1.40. The van der Waals surface area contributed by atoms with Crippen molar-refractivity contribution in [3.8, 4) is 0 Å². The molecule has 12 heteroatoms. The molecule has 2 heterocycles. The molecular formula is C11H18N3O8P. The Bertz CT molecular complexity index is 646. The van der Waals surface area contributed by atoms with E-state index in [1.807, 2.05) is 0 Å². The van der Waals surface area contributed by atoms with E-state index in [4.69, 9.17) is 25.0 Å². The van der Waals surface area contributed by atoms with Crippen molar-refractivity contribution in [2.75, 3.05) is 18.9 Å². The lowest BCUT2D eigenvalue weighted by Gasteiger charge is -2.21. The van der Waals surface area contributed by atoms with Crippen molar-refractivity contribution >= 4 is 13.6 Å². The van der Waals surface area contributed by atoms with E-state index in [-0.39, 0.29) is 12.4 Å². The molecule has 130 valence electrons. The van der Waals surface area contributed by atoms with Crippen LogP contribution in [0.4, 0.5) is 5.82 Å². The summed E-state index contributed by atoms with van der Waals surface area (Å²) in [7, 11) is -4.72. The number of nitrogens with zero attached hydrogens (tertiary/aromatic N) is 2. The van der Waals surface area contributed by atoms with Gasteiger partial charge in [0.2, 0.25) is 0 Å². The van der Waals surface area contributed by atoms with E-state index in [0.717, 1.165) is 4.57 Å². The summed E-state index contributed by atoms with van der Waals surface area (Å²) >= 11 is 0. The standard InChI is InChI=1S/C11H18N3O8P/c1-2-20-9-8(15)6(5-21-23(17,18)19)22-10(9)14-4-3-7(12)13-11(14)16/h3-4,6,8-10,15H,2,5H2,1H3,(H2,12,13,16)(H2,17,18,19)/t6-,8-,9-,10-/m1/s1. The zero-order valence-corrected chi connectivity index (χ0v) is 13.1. The van der Waals surface area contributed by atoms with Gasteiger partial charge < -0.3 is 30.1 Å². The molecule has 1 aromatic rings. The average molecular weight is 351 g/mol. The lowest BCUT2D eigenvalue weighted by Crippen LogP contribution is -2.38. The smallest absolute Gasteiger partial charge is 0.387 e. The van der Waals surface area contributed by atoms with E-state index < -0.39 is 44.7 Å². The lowest BCUT2D eigenvalue weighted by atomic mass is 10.1. The van der Waals surface area contributed by atoms with Crippen molar-refractivity contribution in [2.24, 2.45) is 0 Å². The molecule has 0 saturated carbocycles. The number of phosphoric acid groups is 1. The van der Waals surface area contributed by atoms with Crippen molar-refractivity contribution in [3.63, 3.8) is 0 Å². The van der Waals surface area contributed by atoms with Crippen molar-refractivity contribution < 1.29 is 33.5 Å². The summed E-state index contributed by atoms with van der Waals surface area (Å²) in [6, 6.07) is 1.37. The SMILES string of the molecule is CCO[C@@H]1[C@H](O)[C@@H](COP(=O)(O)O)O[C@H]1n1ccc(N)nc1=O. The number of nitrogens with two attached hydrogens (primary N) is 1. The number of hydrogen-bond donors (Lipinski definition) is 4. The van der Waals surface area contributed by atoms with Gasteiger partial charge in [0, 0.05) is 12.8 Å². The molecular weight excluding hydrogens is 333 g/mol. The summed E-state index contributed by atoms with van der Waals surface area (Å²) < 4.78 is 27.1. The van der Waals surface area contributed by atoms with E-state index in [1.54, 1.807) is 6.92 Å². The van der Waals surface area contributed by atoms with Crippen molar-refractivity contribution in [1.29, 1.82) is 0 Å².